The van der Waals surface area contributed by atoms with Gasteiger partial charge in [0.1, 0.15) is 11.5 Å². The number of allylic oxidation sites excluding steroid dienone is 1. The van der Waals surface area contributed by atoms with Crippen LogP contribution in [0.3, 0.4) is 0 Å². The average Bonchev–Trinajstić information content (AvgIpc) is 3.20. The van der Waals surface area contributed by atoms with Crippen molar-refractivity contribution in [3.05, 3.63) is 116 Å². The summed E-state index contributed by atoms with van der Waals surface area (Å²) >= 11 is 5.47. The number of phenols is 1. The van der Waals surface area contributed by atoms with Gasteiger partial charge in [0, 0.05) is 14.8 Å². The monoisotopic (exact) mass is 749 g/mol. The number of hydrogen-bond donors (Lipinski definition) is 2. The fourth-order valence-corrected chi connectivity index (χ4v) is 7.20. The van der Waals surface area contributed by atoms with Gasteiger partial charge in [0.15, 0.2) is 4.80 Å². The number of ether oxygens (including phenoxy) is 1. The number of rotatable bonds is 5. The van der Waals surface area contributed by atoms with Crippen molar-refractivity contribution in [3.8, 4) is 11.5 Å². The molecule has 2 heterocycles. The molecule has 1 aromatic heterocycles. The lowest BCUT2D eigenvalue weighted by Gasteiger charge is -2.25. The number of fused-ring (bicyclic) bond motifs is 1. The highest BCUT2D eigenvalue weighted by Crippen LogP contribution is 2.32. The molecule has 0 spiro atoms. The summed E-state index contributed by atoms with van der Waals surface area (Å²) in [5.41, 5.74) is 2.55. The number of phenolic OH excluding ortho intramolecular Hbond substituents is 1. The van der Waals surface area contributed by atoms with E-state index in [4.69, 9.17) is 4.74 Å². The summed E-state index contributed by atoms with van der Waals surface area (Å²) in [6.07, 6.45) is 1.68. The lowest BCUT2D eigenvalue weighted by atomic mass is 9.95. The fraction of sp³-hybridized carbons (Fsp3) is 0.107. The molecule has 4 aromatic rings. The zero-order valence-electron chi connectivity index (χ0n) is 20.2. The van der Waals surface area contributed by atoms with Crippen LogP contribution >= 0.6 is 56.5 Å². The number of amides is 1. The number of halogens is 2. The van der Waals surface area contributed by atoms with Gasteiger partial charge in [-0.3, -0.25) is 14.2 Å². The van der Waals surface area contributed by atoms with Crippen molar-refractivity contribution in [1.82, 2.24) is 4.57 Å². The van der Waals surface area contributed by atoms with Gasteiger partial charge in [-0.2, -0.15) is 0 Å². The Balaban J connectivity index is 1.70. The molecule has 0 saturated heterocycles. The molecule has 192 valence electrons. The smallest absolute Gasteiger partial charge is 0.271 e. The predicted octanol–water partition coefficient (Wildman–Crippen LogP) is 4.80. The second-order valence-corrected chi connectivity index (χ2v) is 11.9. The van der Waals surface area contributed by atoms with Crippen LogP contribution in [-0.2, 0) is 4.79 Å². The third-order valence-electron chi connectivity index (χ3n) is 6.07. The van der Waals surface area contributed by atoms with Crippen LogP contribution in [-0.4, -0.2) is 22.7 Å². The van der Waals surface area contributed by atoms with Crippen molar-refractivity contribution >= 4 is 74.2 Å². The minimum atomic E-state index is -0.701. The van der Waals surface area contributed by atoms with E-state index < -0.39 is 6.04 Å². The summed E-state index contributed by atoms with van der Waals surface area (Å²) in [5, 5.41) is 13.6. The highest BCUT2D eigenvalue weighted by molar-refractivity contribution is 14.1. The Morgan fingerprint density at radius 1 is 1.13 bits per heavy atom. The number of methoxy groups -OCH3 is 1. The molecule has 10 heteroatoms. The molecule has 0 radical (unpaired) electrons. The Hall–Kier alpha value is -2.97. The van der Waals surface area contributed by atoms with Gasteiger partial charge in [0.25, 0.3) is 11.5 Å². The molecule has 1 atom stereocenters. The number of hydrogen-bond acceptors (Lipinski definition) is 6. The van der Waals surface area contributed by atoms with Crippen LogP contribution in [0.5, 0.6) is 11.5 Å². The molecule has 1 aliphatic rings. The van der Waals surface area contributed by atoms with Crippen LogP contribution in [0.25, 0.3) is 6.08 Å². The average molecular weight is 749 g/mol. The minimum absolute atomic E-state index is 0.114. The second-order valence-electron chi connectivity index (χ2n) is 8.50. The van der Waals surface area contributed by atoms with E-state index in [2.05, 4.69) is 55.5 Å². The van der Waals surface area contributed by atoms with E-state index >= 15 is 0 Å². The van der Waals surface area contributed by atoms with E-state index in [1.165, 1.54) is 11.3 Å². The molecule has 0 bridgehead atoms. The zero-order chi connectivity index (χ0) is 27.0. The van der Waals surface area contributed by atoms with Gasteiger partial charge < -0.3 is 15.2 Å². The number of carbonyl (C=O) groups excluding carboxylic acids is 1. The number of para-hydroxylation sites is 1. The first-order valence-corrected chi connectivity index (χ1v) is 14.4. The first-order chi connectivity index (χ1) is 18.3. The normalized spacial score (nSPS) is 15.2. The van der Waals surface area contributed by atoms with Gasteiger partial charge in [-0.15, -0.1) is 0 Å². The van der Waals surface area contributed by atoms with Crippen molar-refractivity contribution in [2.75, 3.05) is 12.4 Å². The van der Waals surface area contributed by atoms with Crippen LogP contribution in [0.1, 0.15) is 24.1 Å². The largest absolute Gasteiger partial charge is 0.506 e. The molecule has 0 unspecified atom stereocenters. The third-order valence-corrected chi connectivity index (χ3v) is 8.50. The standard InChI is InChI=1S/C28H21I2N3O4S/c1-15-23(26(35)32-19-6-4-3-5-7-19)24(16-8-10-20(37-2)11-9-16)33-27(36)22(38-28(33)31-15)13-17-12-18(29)14-21(30)25(17)34/h3-14,24,34H,1-2H3,(H,32,35)/b22-13+/t24-/m0/s1. The Morgan fingerprint density at radius 2 is 1.84 bits per heavy atom. The molecule has 38 heavy (non-hydrogen) atoms. The van der Waals surface area contributed by atoms with Gasteiger partial charge in [0.2, 0.25) is 0 Å². The van der Waals surface area contributed by atoms with Gasteiger partial charge in [0.05, 0.1) is 32.5 Å². The van der Waals surface area contributed by atoms with Crippen molar-refractivity contribution in [2.45, 2.75) is 13.0 Å². The van der Waals surface area contributed by atoms with E-state index in [0.29, 0.717) is 41.2 Å². The van der Waals surface area contributed by atoms with E-state index in [1.54, 1.807) is 48.9 Å². The maximum atomic E-state index is 13.9. The number of nitrogens with zero attached hydrogens (tertiary/aromatic N) is 2. The first kappa shape index (κ1) is 26.6. The van der Waals surface area contributed by atoms with Gasteiger partial charge in [-0.25, -0.2) is 4.99 Å². The predicted molar refractivity (Wildman–Crippen MR) is 165 cm³/mol. The van der Waals surface area contributed by atoms with E-state index in [-0.39, 0.29) is 17.2 Å². The second kappa shape index (κ2) is 11.0. The molecule has 3 aromatic carbocycles. The third kappa shape index (κ3) is 5.16. The van der Waals surface area contributed by atoms with Crippen molar-refractivity contribution in [2.24, 2.45) is 4.99 Å². The van der Waals surface area contributed by atoms with Crippen LogP contribution in [0.15, 0.2) is 87.8 Å². The number of nitrogens with one attached hydrogen (secondary N) is 1. The zero-order valence-corrected chi connectivity index (χ0v) is 25.4. The van der Waals surface area contributed by atoms with Crippen LogP contribution in [0, 0.1) is 7.14 Å². The summed E-state index contributed by atoms with van der Waals surface area (Å²) in [7, 11) is 1.59. The molecule has 5 rings (SSSR count). The quantitative estimate of drug-likeness (QED) is 0.287. The summed E-state index contributed by atoms with van der Waals surface area (Å²) in [6, 6.07) is 19.5. The molecular weight excluding hydrogens is 728 g/mol. The molecule has 1 amide bonds. The van der Waals surface area contributed by atoms with Crippen molar-refractivity contribution in [1.29, 1.82) is 0 Å². The number of anilines is 1. The first-order valence-electron chi connectivity index (χ1n) is 11.5. The number of aromatic hydroxyl groups is 1. The number of carbonyl (C=O) groups is 1. The topological polar surface area (TPSA) is 92.9 Å². The maximum Gasteiger partial charge on any atom is 0.271 e. The molecule has 0 saturated carbocycles. The van der Waals surface area contributed by atoms with E-state index in [0.717, 1.165) is 9.13 Å². The van der Waals surface area contributed by atoms with Crippen LogP contribution in [0.2, 0.25) is 0 Å². The summed E-state index contributed by atoms with van der Waals surface area (Å²) in [4.78, 5) is 32.6. The van der Waals surface area contributed by atoms with E-state index in [9.17, 15) is 14.7 Å². The SMILES string of the molecule is COc1ccc([C@H]2C(C(=O)Nc3ccccc3)=C(C)N=c3s/c(=C/c4cc(I)cc(I)c4O)c(=O)n32)cc1. The van der Waals surface area contributed by atoms with Gasteiger partial charge in [-0.1, -0.05) is 41.7 Å². The Bertz CT molecular complexity index is 1760. The molecule has 2 N–H and O–H groups in total. The molecule has 0 fully saturated rings. The van der Waals surface area contributed by atoms with E-state index in [1.807, 2.05) is 42.5 Å². The number of thiazole rings is 1. The van der Waals surface area contributed by atoms with Crippen molar-refractivity contribution < 1.29 is 14.6 Å². The lowest BCUT2D eigenvalue weighted by molar-refractivity contribution is -0.113. The summed E-state index contributed by atoms with van der Waals surface area (Å²) in [6.45, 7) is 1.78. The lowest BCUT2D eigenvalue weighted by Crippen LogP contribution is -2.40. The Kier molecular flexibility index (Phi) is 7.73. The van der Waals surface area contributed by atoms with Gasteiger partial charge >= 0.3 is 0 Å². The number of aromatic nitrogens is 1. The highest BCUT2D eigenvalue weighted by Gasteiger charge is 2.32. The minimum Gasteiger partial charge on any atom is -0.506 e. The Labute approximate surface area is 249 Å². The van der Waals surface area contributed by atoms with Crippen LogP contribution in [0.4, 0.5) is 5.69 Å². The maximum absolute atomic E-state index is 13.9. The fourth-order valence-electron chi connectivity index (χ4n) is 4.27. The number of benzene rings is 3. The molecule has 1 aliphatic heterocycles. The Morgan fingerprint density at radius 3 is 2.53 bits per heavy atom. The summed E-state index contributed by atoms with van der Waals surface area (Å²) < 4.78 is 8.92. The highest BCUT2D eigenvalue weighted by atomic mass is 127. The van der Waals surface area contributed by atoms with Gasteiger partial charge in [-0.05, 0) is 100 Å². The summed E-state index contributed by atoms with van der Waals surface area (Å²) in [5.74, 6) is 0.445. The van der Waals surface area contributed by atoms with Crippen LogP contribution < -0.4 is 24.9 Å². The van der Waals surface area contributed by atoms with Crippen molar-refractivity contribution in [3.63, 3.8) is 0 Å². The molecular formula is C28H21I2N3O4S. The molecule has 0 aliphatic carbocycles. The molecule has 7 nitrogen and oxygen atoms in total.